The maximum atomic E-state index is 4.75. The Balaban J connectivity index is 2.06. The Morgan fingerprint density at radius 2 is 1.57 bits per heavy atom. The fraction of sp³-hybridized carbons (Fsp3) is 0. The van der Waals surface area contributed by atoms with Crippen LogP contribution >= 0.6 is 0 Å². The van der Waals surface area contributed by atoms with E-state index < -0.39 is 0 Å². The lowest BCUT2D eigenvalue weighted by molar-refractivity contribution is 1.21. The number of hydrogen-bond donors (Lipinski definition) is 0. The molecule has 3 aromatic carbocycles. The van der Waals surface area contributed by atoms with Gasteiger partial charge in [-0.15, -0.1) is 0 Å². The van der Waals surface area contributed by atoms with Crippen molar-refractivity contribution in [1.29, 1.82) is 0 Å². The number of benzene rings is 3. The number of rotatable bonds is 0. The molecular weight excluding hydrogens is 282 g/mol. The molecule has 23 heavy (non-hydrogen) atoms. The zero-order valence-electron chi connectivity index (χ0n) is 12.2. The van der Waals surface area contributed by atoms with Crippen LogP contribution in [-0.2, 0) is 0 Å². The molecule has 3 heterocycles. The summed E-state index contributed by atoms with van der Waals surface area (Å²) in [5, 5.41) is 6.13. The molecule has 0 fully saturated rings. The molecule has 0 unspecified atom stereocenters. The van der Waals surface area contributed by atoms with E-state index in [1.165, 1.54) is 26.9 Å². The molecule has 0 N–H and O–H groups in total. The summed E-state index contributed by atoms with van der Waals surface area (Å²) < 4.78 is 2.18. The summed E-state index contributed by atoms with van der Waals surface area (Å²) in [4.78, 5) is 9.42. The fourth-order valence-electron chi connectivity index (χ4n) is 3.76. The Bertz CT molecular complexity index is 1260. The van der Waals surface area contributed by atoms with Crippen molar-refractivity contribution in [1.82, 2.24) is 14.4 Å². The Morgan fingerprint density at radius 1 is 0.739 bits per heavy atom. The van der Waals surface area contributed by atoms with Gasteiger partial charge in [-0.3, -0.25) is 4.40 Å². The predicted octanol–water partition coefficient (Wildman–Crippen LogP) is 4.78. The van der Waals surface area contributed by atoms with Gasteiger partial charge in [-0.25, -0.2) is 9.97 Å². The maximum absolute atomic E-state index is 4.75. The summed E-state index contributed by atoms with van der Waals surface area (Å²) >= 11 is 0. The lowest BCUT2D eigenvalue weighted by Crippen LogP contribution is -1.94. The predicted molar refractivity (Wildman–Crippen MR) is 94.2 cm³/mol. The molecule has 0 saturated heterocycles. The third-order valence-corrected chi connectivity index (χ3v) is 4.75. The smallest absolute Gasteiger partial charge is 0.146 e. The van der Waals surface area contributed by atoms with Gasteiger partial charge >= 0.3 is 0 Å². The molecule has 0 aliphatic heterocycles. The van der Waals surface area contributed by atoms with Crippen LogP contribution in [0.15, 0.2) is 66.9 Å². The van der Waals surface area contributed by atoms with E-state index in [0.29, 0.717) is 0 Å². The number of nitrogens with zero attached hydrogens (tertiary/aromatic N) is 3. The summed E-state index contributed by atoms with van der Waals surface area (Å²) in [7, 11) is 0. The first-order valence-corrected chi connectivity index (χ1v) is 7.70. The summed E-state index contributed by atoms with van der Waals surface area (Å²) in [6.07, 6.45) is 1.85. The number of aromatic nitrogens is 3. The van der Waals surface area contributed by atoms with Crippen LogP contribution in [0.1, 0.15) is 0 Å². The van der Waals surface area contributed by atoms with Crippen LogP contribution in [-0.4, -0.2) is 14.4 Å². The number of fused-ring (bicyclic) bond motifs is 4. The molecule has 6 aromatic rings. The molecule has 3 aromatic heterocycles. The van der Waals surface area contributed by atoms with Crippen LogP contribution in [0.3, 0.4) is 0 Å². The molecular formula is C20H11N3. The molecule has 3 nitrogen and oxygen atoms in total. The highest BCUT2D eigenvalue weighted by Crippen LogP contribution is 2.35. The van der Waals surface area contributed by atoms with Gasteiger partial charge in [0.15, 0.2) is 0 Å². The molecule has 0 spiro atoms. The van der Waals surface area contributed by atoms with Crippen LogP contribution in [0.5, 0.6) is 0 Å². The van der Waals surface area contributed by atoms with Crippen LogP contribution in [0.4, 0.5) is 0 Å². The van der Waals surface area contributed by atoms with Gasteiger partial charge in [0.05, 0.1) is 11.0 Å². The molecule has 0 radical (unpaired) electrons. The van der Waals surface area contributed by atoms with Crippen molar-refractivity contribution in [2.24, 2.45) is 0 Å². The van der Waals surface area contributed by atoms with Crippen LogP contribution in [0.2, 0.25) is 0 Å². The molecule has 0 aliphatic carbocycles. The lowest BCUT2D eigenvalue weighted by atomic mass is 10.0. The van der Waals surface area contributed by atoms with Gasteiger partial charge in [-0.1, -0.05) is 36.4 Å². The molecule has 0 amide bonds. The molecule has 0 bridgehead atoms. The van der Waals surface area contributed by atoms with E-state index in [4.69, 9.17) is 4.98 Å². The monoisotopic (exact) mass is 293 g/mol. The van der Waals surface area contributed by atoms with Crippen molar-refractivity contribution >= 4 is 49.3 Å². The van der Waals surface area contributed by atoms with Crippen molar-refractivity contribution in [3.8, 4) is 0 Å². The first kappa shape index (κ1) is 11.4. The average molecular weight is 293 g/mol. The van der Waals surface area contributed by atoms with Gasteiger partial charge in [-0.05, 0) is 40.4 Å². The number of imidazole rings is 1. The second-order valence-corrected chi connectivity index (χ2v) is 5.99. The summed E-state index contributed by atoms with van der Waals surface area (Å²) in [6.45, 7) is 0. The fourth-order valence-corrected chi connectivity index (χ4v) is 3.76. The van der Waals surface area contributed by atoms with Crippen molar-refractivity contribution in [3.05, 3.63) is 66.9 Å². The summed E-state index contributed by atoms with van der Waals surface area (Å²) in [6, 6.07) is 21.3. The quantitative estimate of drug-likeness (QED) is 0.298. The third kappa shape index (κ3) is 1.30. The minimum absolute atomic E-state index is 0.955. The topological polar surface area (TPSA) is 30.2 Å². The highest BCUT2D eigenvalue weighted by atomic mass is 15.1. The first-order valence-electron chi connectivity index (χ1n) is 7.70. The SMILES string of the molecule is c1ccc2cc3c(cc2c1)c1cccc2nc4ccnc3n4c21. The average Bonchev–Trinajstić information content (AvgIpc) is 2.99. The van der Waals surface area contributed by atoms with Crippen molar-refractivity contribution in [2.75, 3.05) is 0 Å². The second kappa shape index (κ2) is 3.76. The molecule has 106 valence electrons. The zero-order chi connectivity index (χ0) is 15.0. The Labute approximate surface area is 131 Å². The number of pyridine rings is 1. The highest BCUT2D eigenvalue weighted by molar-refractivity contribution is 6.19. The van der Waals surface area contributed by atoms with Crippen molar-refractivity contribution in [2.45, 2.75) is 0 Å². The molecule has 6 rings (SSSR count). The van der Waals surface area contributed by atoms with E-state index in [0.717, 1.165) is 22.3 Å². The first-order chi connectivity index (χ1) is 11.4. The van der Waals surface area contributed by atoms with E-state index in [-0.39, 0.29) is 0 Å². The van der Waals surface area contributed by atoms with Gasteiger partial charge < -0.3 is 0 Å². The minimum Gasteiger partial charge on any atom is -0.276 e. The van der Waals surface area contributed by atoms with E-state index in [1.807, 2.05) is 12.3 Å². The van der Waals surface area contributed by atoms with Gasteiger partial charge in [-0.2, -0.15) is 0 Å². The van der Waals surface area contributed by atoms with Crippen LogP contribution in [0, 0.1) is 0 Å². The Kier molecular flexibility index (Phi) is 1.86. The van der Waals surface area contributed by atoms with Gasteiger partial charge in [0.25, 0.3) is 0 Å². The van der Waals surface area contributed by atoms with Crippen LogP contribution in [0.25, 0.3) is 49.3 Å². The minimum atomic E-state index is 0.955. The molecule has 0 aliphatic rings. The van der Waals surface area contributed by atoms with Gasteiger partial charge in [0.1, 0.15) is 11.3 Å². The normalized spacial score (nSPS) is 12.3. The van der Waals surface area contributed by atoms with Crippen molar-refractivity contribution in [3.63, 3.8) is 0 Å². The van der Waals surface area contributed by atoms with E-state index in [9.17, 15) is 0 Å². The standard InChI is InChI=1S/C20H11N3/c1-2-5-13-11-16-15(10-12(13)4-1)14-6-3-7-17-19(14)23-18(22-17)8-9-21-20(16)23/h1-11H. The van der Waals surface area contributed by atoms with Crippen molar-refractivity contribution < 1.29 is 0 Å². The van der Waals surface area contributed by atoms with Crippen LogP contribution < -0.4 is 0 Å². The Morgan fingerprint density at radius 3 is 2.43 bits per heavy atom. The van der Waals surface area contributed by atoms with Gasteiger partial charge in [0.2, 0.25) is 0 Å². The molecule has 0 atom stereocenters. The number of hydrogen-bond acceptors (Lipinski definition) is 2. The maximum Gasteiger partial charge on any atom is 0.146 e. The van der Waals surface area contributed by atoms with Gasteiger partial charge in [0, 0.05) is 17.0 Å². The van der Waals surface area contributed by atoms with E-state index in [2.05, 4.69) is 64.0 Å². The zero-order valence-corrected chi connectivity index (χ0v) is 12.2. The molecule has 0 saturated carbocycles. The Hall–Kier alpha value is -3.20. The third-order valence-electron chi connectivity index (χ3n) is 4.75. The highest BCUT2D eigenvalue weighted by Gasteiger charge is 2.15. The lowest BCUT2D eigenvalue weighted by Gasteiger charge is -2.10. The van der Waals surface area contributed by atoms with E-state index in [1.54, 1.807) is 0 Å². The largest absolute Gasteiger partial charge is 0.276 e. The second-order valence-electron chi connectivity index (χ2n) is 5.99. The summed E-state index contributed by atoms with van der Waals surface area (Å²) in [5.41, 5.74) is 4.12. The number of para-hydroxylation sites is 1. The van der Waals surface area contributed by atoms with E-state index >= 15 is 0 Å². The molecule has 3 heteroatoms. The summed E-state index contributed by atoms with van der Waals surface area (Å²) in [5.74, 6) is 0.